The van der Waals surface area contributed by atoms with Gasteiger partial charge >= 0.3 is 0 Å². The van der Waals surface area contributed by atoms with Crippen molar-refractivity contribution in [1.82, 2.24) is 10.3 Å². The lowest BCUT2D eigenvalue weighted by Gasteiger charge is -2.37. The van der Waals surface area contributed by atoms with Gasteiger partial charge in [0.05, 0.1) is 0 Å². The van der Waals surface area contributed by atoms with Crippen molar-refractivity contribution < 1.29 is 13.6 Å². The summed E-state index contributed by atoms with van der Waals surface area (Å²) in [6.45, 7) is 2.49. The Morgan fingerprint density at radius 1 is 1.19 bits per heavy atom. The summed E-state index contributed by atoms with van der Waals surface area (Å²) >= 11 is 0. The van der Waals surface area contributed by atoms with Gasteiger partial charge < -0.3 is 10.3 Å². The molecule has 0 spiro atoms. The lowest BCUT2D eigenvalue weighted by atomic mass is 9.80. The van der Waals surface area contributed by atoms with E-state index in [-0.39, 0.29) is 0 Å². The molecule has 0 saturated carbocycles. The SMILES string of the molecule is CCC[C@@]1(C(=O)Nc2c(F)cccc2F)NCc2cccc3[nH]cc1c23. The van der Waals surface area contributed by atoms with Gasteiger partial charge in [0.2, 0.25) is 5.91 Å². The molecule has 4 nitrogen and oxygen atoms in total. The fourth-order valence-electron chi connectivity index (χ4n) is 3.84. The number of halogens is 2. The number of hydrogen-bond donors (Lipinski definition) is 3. The number of aromatic nitrogens is 1. The quantitative estimate of drug-likeness (QED) is 0.657. The van der Waals surface area contributed by atoms with Crippen molar-refractivity contribution >= 4 is 22.5 Å². The topological polar surface area (TPSA) is 56.9 Å². The van der Waals surface area contributed by atoms with E-state index in [9.17, 15) is 13.6 Å². The molecule has 6 heteroatoms. The minimum atomic E-state index is -1.05. The van der Waals surface area contributed by atoms with E-state index in [4.69, 9.17) is 0 Å². The molecule has 1 atom stereocenters. The van der Waals surface area contributed by atoms with Gasteiger partial charge in [-0.3, -0.25) is 10.1 Å². The largest absolute Gasteiger partial charge is 0.361 e. The first-order valence-corrected chi connectivity index (χ1v) is 8.67. The first-order chi connectivity index (χ1) is 12.6. The minimum Gasteiger partial charge on any atom is -0.361 e. The lowest BCUT2D eigenvalue weighted by Crippen LogP contribution is -2.53. The Labute approximate surface area is 149 Å². The molecule has 3 aromatic rings. The van der Waals surface area contributed by atoms with Crippen LogP contribution >= 0.6 is 0 Å². The Kier molecular flexibility index (Phi) is 4.00. The van der Waals surface area contributed by atoms with Gasteiger partial charge in [0.15, 0.2) is 0 Å². The monoisotopic (exact) mass is 355 g/mol. The molecule has 26 heavy (non-hydrogen) atoms. The smallest absolute Gasteiger partial charge is 0.249 e. The summed E-state index contributed by atoms with van der Waals surface area (Å²) in [5, 5.41) is 6.79. The number of amides is 1. The zero-order valence-electron chi connectivity index (χ0n) is 14.3. The van der Waals surface area contributed by atoms with Crippen LogP contribution in [0.5, 0.6) is 0 Å². The highest BCUT2D eigenvalue weighted by molar-refractivity contribution is 6.03. The number of nitrogens with one attached hydrogen (secondary N) is 3. The summed E-state index contributed by atoms with van der Waals surface area (Å²) in [7, 11) is 0. The van der Waals surface area contributed by atoms with Crippen LogP contribution in [0.1, 0.15) is 30.9 Å². The molecule has 0 bridgehead atoms. The molecule has 0 radical (unpaired) electrons. The van der Waals surface area contributed by atoms with Gasteiger partial charge in [-0.25, -0.2) is 8.78 Å². The highest BCUT2D eigenvalue weighted by Gasteiger charge is 2.44. The second-order valence-electron chi connectivity index (χ2n) is 6.60. The number of para-hydroxylation sites is 1. The van der Waals surface area contributed by atoms with Crippen LogP contribution in [-0.2, 0) is 16.9 Å². The van der Waals surface area contributed by atoms with Crippen molar-refractivity contribution in [2.75, 3.05) is 5.32 Å². The summed E-state index contributed by atoms with van der Waals surface area (Å²) in [6, 6.07) is 9.45. The molecule has 1 aromatic heterocycles. The average Bonchev–Trinajstić information content (AvgIpc) is 3.07. The van der Waals surface area contributed by atoms with Crippen LogP contribution in [0.25, 0.3) is 10.9 Å². The standard InChI is InChI=1S/C20H19F2N3O/c1-2-9-20(19(26)25-18-14(21)6-4-7-15(18)22)13-11-23-16-8-3-5-12(10-24-20)17(13)16/h3-8,11,23-24H,2,9-10H2,1H3,(H,25,26)/t20-/m1/s1. The molecule has 0 unspecified atom stereocenters. The molecule has 1 aliphatic rings. The lowest BCUT2D eigenvalue weighted by molar-refractivity contribution is -0.123. The Hall–Kier alpha value is -2.73. The maximum Gasteiger partial charge on any atom is 0.249 e. The number of benzene rings is 2. The third kappa shape index (κ3) is 2.41. The normalized spacial score (nSPS) is 18.9. The van der Waals surface area contributed by atoms with E-state index >= 15 is 0 Å². The van der Waals surface area contributed by atoms with E-state index in [1.54, 1.807) is 0 Å². The molecule has 3 N–H and O–H groups in total. The number of hydrogen-bond acceptors (Lipinski definition) is 2. The predicted octanol–water partition coefficient (Wildman–Crippen LogP) is 4.18. The number of carbonyl (C=O) groups is 1. The van der Waals surface area contributed by atoms with Gasteiger partial charge in [0.1, 0.15) is 22.9 Å². The minimum absolute atomic E-state index is 0.416. The van der Waals surface area contributed by atoms with Crippen molar-refractivity contribution in [1.29, 1.82) is 0 Å². The Morgan fingerprint density at radius 2 is 1.92 bits per heavy atom. The third-order valence-corrected chi connectivity index (χ3v) is 5.05. The molecule has 0 saturated heterocycles. The molecule has 0 fully saturated rings. The van der Waals surface area contributed by atoms with Crippen LogP contribution in [0.2, 0.25) is 0 Å². The van der Waals surface area contributed by atoms with Gasteiger partial charge in [-0.15, -0.1) is 0 Å². The molecule has 0 aliphatic carbocycles. The first-order valence-electron chi connectivity index (χ1n) is 8.67. The number of carbonyl (C=O) groups excluding carboxylic acids is 1. The van der Waals surface area contributed by atoms with E-state index in [0.717, 1.165) is 40.6 Å². The molecule has 2 aromatic carbocycles. The third-order valence-electron chi connectivity index (χ3n) is 5.05. The Balaban J connectivity index is 1.81. The Morgan fingerprint density at radius 3 is 2.65 bits per heavy atom. The highest BCUT2D eigenvalue weighted by atomic mass is 19.1. The van der Waals surface area contributed by atoms with Crippen molar-refractivity contribution in [2.24, 2.45) is 0 Å². The van der Waals surface area contributed by atoms with Crippen LogP contribution in [0.15, 0.2) is 42.6 Å². The van der Waals surface area contributed by atoms with E-state index in [1.807, 2.05) is 31.3 Å². The summed E-state index contributed by atoms with van der Waals surface area (Å²) in [6.07, 6.45) is 3.05. The van der Waals surface area contributed by atoms with Crippen LogP contribution in [0.3, 0.4) is 0 Å². The van der Waals surface area contributed by atoms with E-state index in [0.29, 0.717) is 13.0 Å². The zero-order chi connectivity index (χ0) is 18.3. The fraction of sp³-hybridized carbons (Fsp3) is 0.250. The van der Waals surface area contributed by atoms with Crippen LogP contribution in [0.4, 0.5) is 14.5 Å². The molecule has 2 heterocycles. The zero-order valence-corrected chi connectivity index (χ0v) is 14.3. The Bertz CT molecular complexity index is 978. The maximum atomic E-state index is 14.0. The van der Waals surface area contributed by atoms with Gasteiger partial charge in [-0.05, 0) is 30.2 Å². The molecular weight excluding hydrogens is 336 g/mol. The highest BCUT2D eigenvalue weighted by Crippen LogP contribution is 2.39. The second-order valence-corrected chi connectivity index (χ2v) is 6.60. The number of aromatic amines is 1. The maximum absolute atomic E-state index is 14.0. The van der Waals surface area contributed by atoms with Crippen LogP contribution < -0.4 is 10.6 Å². The molecule has 134 valence electrons. The second kappa shape index (κ2) is 6.21. The van der Waals surface area contributed by atoms with Gasteiger partial charge in [-0.1, -0.05) is 31.5 Å². The van der Waals surface area contributed by atoms with Crippen molar-refractivity contribution in [3.8, 4) is 0 Å². The van der Waals surface area contributed by atoms with Crippen molar-refractivity contribution in [3.05, 3.63) is 65.4 Å². The molecule has 4 rings (SSSR count). The van der Waals surface area contributed by atoms with Gasteiger partial charge in [0.25, 0.3) is 0 Å². The summed E-state index contributed by atoms with van der Waals surface area (Å²) < 4.78 is 28.0. The van der Waals surface area contributed by atoms with E-state index < -0.39 is 28.8 Å². The van der Waals surface area contributed by atoms with Crippen LogP contribution in [0, 0.1) is 11.6 Å². The van der Waals surface area contributed by atoms with Crippen molar-refractivity contribution in [2.45, 2.75) is 31.8 Å². The van der Waals surface area contributed by atoms with E-state index in [1.165, 1.54) is 6.07 Å². The predicted molar refractivity (Wildman–Crippen MR) is 96.7 cm³/mol. The summed E-state index contributed by atoms with van der Waals surface area (Å²) in [5.41, 5.74) is 1.39. The number of H-pyrrole nitrogens is 1. The number of rotatable bonds is 4. The summed E-state index contributed by atoms with van der Waals surface area (Å²) in [4.78, 5) is 16.4. The molecule has 1 aliphatic heterocycles. The van der Waals surface area contributed by atoms with E-state index in [2.05, 4.69) is 15.6 Å². The fourth-order valence-corrected chi connectivity index (χ4v) is 3.84. The van der Waals surface area contributed by atoms with Crippen LogP contribution in [-0.4, -0.2) is 10.9 Å². The number of anilines is 1. The van der Waals surface area contributed by atoms with Gasteiger partial charge in [-0.2, -0.15) is 0 Å². The molecular formula is C20H19F2N3O. The first kappa shape index (κ1) is 16.7. The van der Waals surface area contributed by atoms with Crippen molar-refractivity contribution in [3.63, 3.8) is 0 Å². The molecule has 1 amide bonds. The van der Waals surface area contributed by atoms with Gasteiger partial charge in [0, 0.05) is 29.2 Å². The summed E-state index contributed by atoms with van der Waals surface area (Å²) in [5.74, 6) is -2.04. The average molecular weight is 355 g/mol.